The number of carbonyl (C=O) groups is 2. The van der Waals surface area contributed by atoms with Crippen molar-refractivity contribution in [2.24, 2.45) is 11.3 Å². The van der Waals surface area contributed by atoms with E-state index in [4.69, 9.17) is 5.11 Å². The van der Waals surface area contributed by atoms with Gasteiger partial charge in [0, 0.05) is 19.5 Å². The fourth-order valence-electron chi connectivity index (χ4n) is 4.04. The molecule has 1 spiro atoms. The summed E-state index contributed by atoms with van der Waals surface area (Å²) in [5.74, 6) is -0.430. The number of amides is 1. The summed E-state index contributed by atoms with van der Waals surface area (Å²) in [7, 11) is 0. The molecule has 2 unspecified atom stereocenters. The van der Waals surface area contributed by atoms with Gasteiger partial charge < -0.3 is 10.0 Å². The number of aryl methyl sites for hydroxylation is 1. The van der Waals surface area contributed by atoms with E-state index in [1.165, 1.54) is 11.1 Å². The average molecular weight is 329 g/mol. The van der Waals surface area contributed by atoms with Crippen molar-refractivity contribution >= 4 is 11.9 Å². The van der Waals surface area contributed by atoms with Crippen molar-refractivity contribution in [2.45, 2.75) is 51.9 Å². The first kappa shape index (κ1) is 17.0. The zero-order chi connectivity index (χ0) is 17.3. The van der Waals surface area contributed by atoms with E-state index in [-0.39, 0.29) is 23.2 Å². The molecule has 1 aromatic carbocycles. The van der Waals surface area contributed by atoms with Gasteiger partial charge >= 0.3 is 5.97 Å². The standard InChI is InChI=1S/C20H27NO3/c1-3-15-4-6-16(7-5-15)14(2)12-18(22)21-10-8-20(9-11-21)13-17(20)19(23)24/h4-7,14,17H,3,8-13H2,1-2H3,(H,23,24). The number of likely N-dealkylation sites (tertiary alicyclic amines) is 1. The zero-order valence-electron chi connectivity index (χ0n) is 14.6. The van der Waals surface area contributed by atoms with E-state index in [0.29, 0.717) is 19.5 Å². The Morgan fingerprint density at radius 2 is 1.88 bits per heavy atom. The highest BCUT2D eigenvalue weighted by atomic mass is 16.4. The van der Waals surface area contributed by atoms with Crippen LogP contribution in [0.2, 0.25) is 0 Å². The molecule has 3 rings (SSSR count). The predicted octanol–water partition coefficient (Wildman–Crippen LogP) is 3.46. The van der Waals surface area contributed by atoms with Crippen LogP contribution in [-0.2, 0) is 16.0 Å². The van der Waals surface area contributed by atoms with Gasteiger partial charge in [-0.2, -0.15) is 0 Å². The fraction of sp³-hybridized carbons (Fsp3) is 0.600. The SMILES string of the molecule is CCc1ccc(C(C)CC(=O)N2CCC3(CC2)CC3C(=O)O)cc1. The first-order valence-corrected chi connectivity index (χ1v) is 9.04. The van der Waals surface area contributed by atoms with Crippen molar-refractivity contribution in [2.75, 3.05) is 13.1 Å². The molecule has 0 aromatic heterocycles. The molecule has 2 fully saturated rings. The molecule has 1 amide bonds. The highest BCUT2D eigenvalue weighted by Crippen LogP contribution is 2.59. The molecule has 4 nitrogen and oxygen atoms in total. The minimum absolute atomic E-state index is 0.00971. The predicted molar refractivity (Wildman–Crippen MR) is 92.8 cm³/mol. The molecule has 4 heteroatoms. The van der Waals surface area contributed by atoms with Crippen molar-refractivity contribution in [3.63, 3.8) is 0 Å². The zero-order valence-corrected chi connectivity index (χ0v) is 14.6. The molecule has 1 aliphatic carbocycles. The molecule has 1 aromatic rings. The van der Waals surface area contributed by atoms with Crippen LogP contribution in [-0.4, -0.2) is 35.0 Å². The molecule has 0 radical (unpaired) electrons. The van der Waals surface area contributed by atoms with Crippen LogP contribution in [0.3, 0.4) is 0 Å². The van der Waals surface area contributed by atoms with Crippen LogP contribution in [0.1, 0.15) is 56.6 Å². The second kappa shape index (κ2) is 6.58. The molecular formula is C20H27NO3. The molecule has 2 aliphatic rings. The van der Waals surface area contributed by atoms with E-state index in [0.717, 1.165) is 25.7 Å². The van der Waals surface area contributed by atoms with Crippen LogP contribution in [0.15, 0.2) is 24.3 Å². The molecule has 1 aliphatic heterocycles. The van der Waals surface area contributed by atoms with Crippen LogP contribution < -0.4 is 0 Å². The highest BCUT2D eigenvalue weighted by molar-refractivity contribution is 5.78. The number of aliphatic carboxylic acids is 1. The largest absolute Gasteiger partial charge is 0.481 e. The maximum Gasteiger partial charge on any atom is 0.307 e. The summed E-state index contributed by atoms with van der Waals surface area (Å²) in [6.45, 7) is 5.67. The Kier molecular flexibility index (Phi) is 4.66. The number of carboxylic acids is 1. The minimum Gasteiger partial charge on any atom is -0.481 e. The summed E-state index contributed by atoms with van der Waals surface area (Å²) in [4.78, 5) is 25.6. The summed E-state index contributed by atoms with van der Waals surface area (Å²) in [6, 6.07) is 8.54. The van der Waals surface area contributed by atoms with Crippen LogP contribution in [0.4, 0.5) is 0 Å². The third-order valence-corrected chi connectivity index (χ3v) is 6.04. The topological polar surface area (TPSA) is 57.6 Å². The molecule has 0 bridgehead atoms. The van der Waals surface area contributed by atoms with E-state index < -0.39 is 5.97 Å². The lowest BCUT2D eigenvalue weighted by molar-refractivity contribution is -0.139. The third-order valence-electron chi connectivity index (χ3n) is 6.04. The average Bonchev–Trinajstić information content (AvgIpc) is 3.29. The van der Waals surface area contributed by atoms with Gasteiger partial charge in [0.2, 0.25) is 5.91 Å². The Bertz CT molecular complexity index is 614. The number of piperidine rings is 1. The van der Waals surface area contributed by atoms with Gasteiger partial charge in [-0.25, -0.2) is 0 Å². The summed E-state index contributed by atoms with van der Waals surface area (Å²) < 4.78 is 0. The van der Waals surface area contributed by atoms with Gasteiger partial charge in [0.15, 0.2) is 0 Å². The first-order chi connectivity index (χ1) is 11.4. The van der Waals surface area contributed by atoms with Crippen LogP contribution in [0, 0.1) is 11.3 Å². The van der Waals surface area contributed by atoms with Crippen molar-refractivity contribution in [1.82, 2.24) is 4.90 Å². The van der Waals surface area contributed by atoms with Gasteiger partial charge in [-0.1, -0.05) is 38.1 Å². The summed E-state index contributed by atoms with van der Waals surface area (Å²) in [5.41, 5.74) is 2.52. The van der Waals surface area contributed by atoms with Gasteiger partial charge in [-0.15, -0.1) is 0 Å². The quantitative estimate of drug-likeness (QED) is 0.900. The number of nitrogens with zero attached hydrogens (tertiary/aromatic N) is 1. The van der Waals surface area contributed by atoms with Gasteiger partial charge in [0.1, 0.15) is 0 Å². The Morgan fingerprint density at radius 3 is 2.38 bits per heavy atom. The second-order valence-corrected chi connectivity index (χ2v) is 7.54. The van der Waals surface area contributed by atoms with Crippen molar-refractivity contribution in [1.29, 1.82) is 0 Å². The lowest BCUT2D eigenvalue weighted by Gasteiger charge is -2.33. The van der Waals surface area contributed by atoms with Crippen LogP contribution in [0.5, 0.6) is 0 Å². The summed E-state index contributed by atoms with van der Waals surface area (Å²) in [6.07, 6.45) is 4.04. The molecule has 1 heterocycles. The van der Waals surface area contributed by atoms with E-state index in [2.05, 4.69) is 38.1 Å². The number of rotatable bonds is 5. The lowest BCUT2D eigenvalue weighted by Crippen LogP contribution is -2.40. The van der Waals surface area contributed by atoms with Gasteiger partial charge in [0.05, 0.1) is 5.92 Å². The Morgan fingerprint density at radius 1 is 1.25 bits per heavy atom. The maximum atomic E-state index is 12.6. The van der Waals surface area contributed by atoms with Crippen LogP contribution >= 0.6 is 0 Å². The Hall–Kier alpha value is -1.84. The molecule has 24 heavy (non-hydrogen) atoms. The number of benzene rings is 1. The minimum atomic E-state index is -0.668. The molecular weight excluding hydrogens is 302 g/mol. The van der Waals surface area contributed by atoms with E-state index >= 15 is 0 Å². The van der Waals surface area contributed by atoms with Crippen molar-refractivity contribution in [3.05, 3.63) is 35.4 Å². The van der Waals surface area contributed by atoms with Crippen LogP contribution in [0.25, 0.3) is 0 Å². The number of hydrogen-bond donors (Lipinski definition) is 1. The van der Waals surface area contributed by atoms with Gasteiger partial charge in [0.25, 0.3) is 0 Å². The maximum absolute atomic E-state index is 12.6. The Labute approximate surface area is 143 Å². The molecule has 1 saturated heterocycles. The molecule has 130 valence electrons. The van der Waals surface area contributed by atoms with Gasteiger partial charge in [-0.05, 0) is 48.1 Å². The molecule has 1 saturated carbocycles. The molecule has 2 atom stereocenters. The Balaban J connectivity index is 1.51. The first-order valence-electron chi connectivity index (χ1n) is 9.04. The third kappa shape index (κ3) is 3.33. The van der Waals surface area contributed by atoms with E-state index in [1.54, 1.807) is 0 Å². The highest BCUT2D eigenvalue weighted by Gasteiger charge is 2.59. The van der Waals surface area contributed by atoms with Gasteiger partial charge in [-0.3, -0.25) is 9.59 Å². The lowest BCUT2D eigenvalue weighted by atomic mass is 9.90. The molecule has 1 N–H and O–H groups in total. The second-order valence-electron chi connectivity index (χ2n) is 7.54. The summed E-state index contributed by atoms with van der Waals surface area (Å²) in [5, 5.41) is 9.15. The smallest absolute Gasteiger partial charge is 0.307 e. The van der Waals surface area contributed by atoms with Crippen molar-refractivity contribution in [3.8, 4) is 0 Å². The van der Waals surface area contributed by atoms with E-state index in [9.17, 15) is 9.59 Å². The summed E-state index contributed by atoms with van der Waals surface area (Å²) >= 11 is 0. The fourth-order valence-corrected chi connectivity index (χ4v) is 4.04. The normalized spacial score (nSPS) is 23.1. The number of carboxylic acid groups (broad SMARTS) is 1. The monoisotopic (exact) mass is 329 g/mol. The van der Waals surface area contributed by atoms with E-state index in [1.807, 2.05) is 4.90 Å². The van der Waals surface area contributed by atoms with Crippen molar-refractivity contribution < 1.29 is 14.7 Å². The number of carbonyl (C=O) groups excluding carboxylic acids is 1. The number of hydrogen-bond acceptors (Lipinski definition) is 2.